The first kappa shape index (κ1) is 30.1. The summed E-state index contributed by atoms with van der Waals surface area (Å²) in [7, 11) is 1.80. The van der Waals surface area contributed by atoms with Gasteiger partial charge in [0.25, 0.3) is 5.88 Å². The smallest absolute Gasteiger partial charge is 0.326 e. The van der Waals surface area contributed by atoms with Crippen molar-refractivity contribution < 1.29 is 33.3 Å². The summed E-state index contributed by atoms with van der Waals surface area (Å²) in [5, 5.41) is 30.4. The molecule has 8 N–H and O–H groups in total. The fourth-order valence-corrected chi connectivity index (χ4v) is 4.27. The molecule has 1 aliphatic heterocycles. The van der Waals surface area contributed by atoms with Gasteiger partial charge in [0.05, 0.1) is 6.20 Å². The van der Waals surface area contributed by atoms with Crippen LogP contribution >= 0.6 is 0 Å². The number of amidine groups is 1. The lowest BCUT2D eigenvalue weighted by molar-refractivity contribution is -0.138. The number of aromatic nitrogens is 1. The first-order valence-corrected chi connectivity index (χ1v) is 13.0. The van der Waals surface area contributed by atoms with Gasteiger partial charge in [0, 0.05) is 29.6 Å². The van der Waals surface area contributed by atoms with Crippen molar-refractivity contribution in [2.45, 2.75) is 31.5 Å². The molecule has 3 aromatic rings. The number of halogens is 2. The van der Waals surface area contributed by atoms with Crippen molar-refractivity contribution in [2.24, 2.45) is 16.5 Å². The molecule has 14 heteroatoms. The van der Waals surface area contributed by atoms with Crippen molar-refractivity contribution >= 4 is 23.7 Å². The number of phenols is 1. The van der Waals surface area contributed by atoms with Gasteiger partial charge in [0.15, 0.2) is 17.3 Å². The largest absolute Gasteiger partial charge is 0.504 e. The van der Waals surface area contributed by atoms with Crippen molar-refractivity contribution in [3.63, 3.8) is 0 Å². The monoisotopic (exact) mass is 583 g/mol. The summed E-state index contributed by atoms with van der Waals surface area (Å²) in [6.07, 6.45) is 3.46. The van der Waals surface area contributed by atoms with E-state index in [1.165, 1.54) is 30.3 Å². The zero-order chi connectivity index (χ0) is 30.4. The highest BCUT2D eigenvalue weighted by Crippen LogP contribution is 2.40. The Labute approximate surface area is 240 Å². The quantitative estimate of drug-likeness (QED) is 0.0975. The lowest BCUT2D eigenvalue weighted by Gasteiger charge is -2.23. The Morgan fingerprint density at radius 2 is 2.00 bits per heavy atom. The van der Waals surface area contributed by atoms with Gasteiger partial charge in [0.2, 0.25) is 11.6 Å². The van der Waals surface area contributed by atoms with Gasteiger partial charge in [-0.25, -0.2) is 14.2 Å². The first-order chi connectivity index (χ1) is 20.1. The third kappa shape index (κ3) is 6.90. The molecule has 0 fully saturated rings. The van der Waals surface area contributed by atoms with E-state index >= 15 is 4.39 Å². The fourth-order valence-electron chi connectivity index (χ4n) is 4.27. The molecule has 42 heavy (non-hydrogen) atoms. The second-order valence-corrected chi connectivity index (χ2v) is 9.57. The number of nitrogens with one attached hydrogen (secondary N) is 2. The molecule has 12 nitrogen and oxygen atoms in total. The minimum Gasteiger partial charge on any atom is -0.504 e. The first-order valence-electron chi connectivity index (χ1n) is 13.0. The number of anilines is 1. The Morgan fingerprint density at radius 1 is 1.21 bits per heavy atom. The van der Waals surface area contributed by atoms with E-state index in [-0.39, 0.29) is 28.6 Å². The van der Waals surface area contributed by atoms with Crippen LogP contribution < -0.4 is 26.3 Å². The topological polar surface area (TPSA) is 192 Å². The number of ether oxygens (including phenoxy) is 2. The molecule has 0 saturated carbocycles. The Kier molecular flexibility index (Phi) is 9.49. The standard InChI is InChI=1S/C28H31F2N7O5/c1-37-11-10-34-26(37)17-13-16(36-19(28(39)40)4-2-3-9-31)6-8-21(17)41-24-18(29)14-35-27(23(24)30)42-22-12-15(25(32)33)5-7-20(22)38/h5-8,10,12-14,19,26,36,38H,2-4,9,11,31H2,1H3,(H3,32,33)(H,39,40). The van der Waals surface area contributed by atoms with Crippen molar-refractivity contribution in [1.29, 1.82) is 5.41 Å². The number of carbonyl (C=O) groups is 1. The normalized spacial score (nSPS) is 15.4. The van der Waals surface area contributed by atoms with Crippen LogP contribution in [0.25, 0.3) is 0 Å². The van der Waals surface area contributed by atoms with E-state index < -0.39 is 41.4 Å². The van der Waals surface area contributed by atoms with Gasteiger partial charge in [-0.1, -0.05) is 0 Å². The number of pyridine rings is 1. The molecule has 0 amide bonds. The maximum Gasteiger partial charge on any atom is 0.326 e. The van der Waals surface area contributed by atoms with Gasteiger partial charge >= 0.3 is 5.97 Å². The average molecular weight is 584 g/mol. The van der Waals surface area contributed by atoms with Gasteiger partial charge in [-0.2, -0.15) is 4.39 Å². The number of aliphatic imine (C=N–C) groups is 1. The number of carboxylic acid groups (broad SMARTS) is 1. The second kappa shape index (κ2) is 13.2. The number of nitrogens with zero attached hydrogens (tertiary/aromatic N) is 3. The molecular weight excluding hydrogens is 552 g/mol. The number of hydrogen-bond donors (Lipinski definition) is 6. The third-order valence-corrected chi connectivity index (χ3v) is 6.50. The summed E-state index contributed by atoms with van der Waals surface area (Å²) in [6, 6.07) is 7.52. The van der Waals surface area contributed by atoms with E-state index in [0.717, 1.165) is 0 Å². The van der Waals surface area contributed by atoms with Crippen LogP contribution in [0.2, 0.25) is 0 Å². The lowest BCUT2D eigenvalue weighted by atomic mass is 10.1. The van der Waals surface area contributed by atoms with Crippen LogP contribution in [-0.2, 0) is 4.79 Å². The number of nitrogens with two attached hydrogens (primary N) is 2. The SMILES string of the molecule is CN1CC=NC1c1cc(NC(CCCCN)C(=O)O)ccc1Oc1c(F)cnc(Oc2cc(C(=N)N)ccc2O)c1F. The van der Waals surface area contributed by atoms with Crippen molar-refractivity contribution in [2.75, 3.05) is 25.5 Å². The minimum absolute atomic E-state index is 0.0582. The number of hydrogen-bond acceptors (Lipinski definition) is 10. The number of rotatable bonds is 13. The fraction of sp³-hybridized carbons (Fsp3) is 0.286. The van der Waals surface area contributed by atoms with Crippen LogP contribution in [0.5, 0.6) is 28.9 Å². The molecular formula is C28H31F2N7O5. The van der Waals surface area contributed by atoms with E-state index in [0.29, 0.717) is 49.8 Å². The number of benzene rings is 2. The zero-order valence-corrected chi connectivity index (χ0v) is 22.7. The van der Waals surface area contributed by atoms with Gasteiger partial charge in [0.1, 0.15) is 23.8 Å². The second-order valence-electron chi connectivity index (χ2n) is 9.57. The highest BCUT2D eigenvalue weighted by Gasteiger charge is 2.27. The molecule has 2 atom stereocenters. The molecule has 0 radical (unpaired) electrons. The van der Waals surface area contributed by atoms with Crippen LogP contribution in [0.1, 0.15) is 36.6 Å². The van der Waals surface area contributed by atoms with Crippen molar-refractivity contribution in [3.05, 3.63) is 65.4 Å². The van der Waals surface area contributed by atoms with Crippen LogP contribution in [0.15, 0.2) is 47.6 Å². The van der Waals surface area contributed by atoms with E-state index in [2.05, 4.69) is 15.3 Å². The molecule has 2 unspecified atom stereocenters. The molecule has 222 valence electrons. The Morgan fingerprint density at radius 3 is 2.67 bits per heavy atom. The molecule has 0 spiro atoms. The predicted octanol–water partition coefficient (Wildman–Crippen LogP) is 3.94. The maximum absolute atomic E-state index is 15.5. The molecule has 2 heterocycles. The third-order valence-electron chi connectivity index (χ3n) is 6.50. The Bertz CT molecular complexity index is 1500. The number of carboxylic acids is 1. The number of aromatic hydroxyl groups is 1. The molecule has 1 aliphatic rings. The molecule has 0 bridgehead atoms. The van der Waals surface area contributed by atoms with E-state index in [1.807, 2.05) is 4.90 Å². The molecule has 0 saturated heterocycles. The van der Waals surface area contributed by atoms with E-state index in [1.54, 1.807) is 19.3 Å². The Hall–Kier alpha value is -4.82. The number of phenolic OH excluding ortho intramolecular Hbond substituents is 1. The summed E-state index contributed by atoms with van der Waals surface area (Å²) in [5.74, 6) is -5.85. The van der Waals surface area contributed by atoms with E-state index in [9.17, 15) is 19.4 Å². The number of nitrogen functional groups attached to an aromatic ring is 1. The summed E-state index contributed by atoms with van der Waals surface area (Å²) in [5.41, 5.74) is 12.1. The highest BCUT2D eigenvalue weighted by atomic mass is 19.1. The molecule has 0 aliphatic carbocycles. The molecule has 1 aromatic heterocycles. The predicted molar refractivity (Wildman–Crippen MR) is 152 cm³/mol. The maximum atomic E-state index is 15.5. The van der Waals surface area contributed by atoms with Crippen LogP contribution in [-0.4, -0.2) is 64.3 Å². The zero-order valence-electron chi connectivity index (χ0n) is 22.7. The summed E-state index contributed by atoms with van der Waals surface area (Å²) < 4.78 is 41.6. The van der Waals surface area contributed by atoms with Gasteiger partial charge in [-0.3, -0.25) is 15.3 Å². The van der Waals surface area contributed by atoms with Crippen molar-refractivity contribution in [1.82, 2.24) is 9.88 Å². The number of unbranched alkanes of at least 4 members (excludes halogenated alkanes) is 1. The summed E-state index contributed by atoms with van der Waals surface area (Å²) in [4.78, 5) is 21.8. The molecule has 2 aromatic carbocycles. The van der Waals surface area contributed by atoms with Gasteiger partial charge in [-0.15, -0.1) is 0 Å². The van der Waals surface area contributed by atoms with Gasteiger partial charge in [-0.05, 0) is 69.3 Å². The number of aliphatic carboxylic acids is 1. The van der Waals surface area contributed by atoms with E-state index in [4.69, 9.17) is 26.4 Å². The summed E-state index contributed by atoms with van der Waals surface area (Å²) >= 11 is 0. The van der Waals surface area contributed by atoms with Gasteiger partial charge < -0.3 is 36.5 Å². The van der Waals surface area contributed by atoms with Crippen LogP contribution in [0, 0.1) is 17.0 Å². The van der Waals surface area contributed by atoms with Crippen LogP contribution in [0.3, 0.4) is 0 Å². The minimum atomic E-state index is -1.29. The molecule has 4 rings (SSSR count). The highest BCUT2D eigenvalue weighted by molar-refractivity contribution is 5.95. The van der Waals surface area contributed by atoms with Crippen molar-refractivity contribution in [3.8, 4) is 28.9 Å². The Balaban J connectivity index is 1.67. The summed E-state index contributed by atoms with van der Waals surface area (Å²) in [6.45, 7) is 0.965. The average Bonchev–Trinajstić information content (AvgIpc) is 3.38. The lowest BCUT2D eigenvalue weighted by Crippen LogP contribution is -2.29. The van der Waals surface area contributed by atoms with Crippen LogP contribution in [0.4, 0.5) is 14.5 Å².